The first kappa shape index (κ1) is 17.0. The molecule has 128 valence electrons. The Kier molecular flexibility index (Phi) is 5.58. The average molecular weight is 344 g/mol. The van der Waals surface area contributed by atoms with Crippen molar-refractivity contribution in [1.29, 1.82) is 0 Å². The van der Waals surface area contributed by atoms with Crippen LogP contribution in [0.4, 0.5) is 0 Å². The maximum absolute atomic E-state index is 12.2. The Bertz CT molecular complexity index is 665. The molecule has 0 radical (unpaired) electrons. The summed E-state index contributed by atoms with van der Waals surface area (Å²) in [5, 5.41) is 4.51. The van der Waals surface area contributed by atoms with Gasteiger partial charge in [0.1, 0.15) is 0 Å². The molecule has 2 heterocycles. The van der Waals surface area contributed by atoms with E-state index in [4.69, 9.17) is 0 Å². The van der Waals surface area contributed by atoms with Gasteiger partial charge in [0.2, 0.25) is 5.91 Å². The number of hydrogen-bond donors (Lipinski definition) is 0. The molecule has 6 heteroatoms. The van der Waals surface area contributed by atoms with E-state index in [0.717, 1.165) is 38.4 Å². The van der Waals surface area contributed by atoms with Crippen molar-refractivity contribution in [1.82, 2.24) is 19.6 Å². The van der Waals surface area contributed by atoms with Crippen LogP contribution in [0.15, 0.2) is 42.7 Å². The van der Waals surface area contributed by atoms with Gasteiger partial charge in [-0.1, -0.05) is 18.2 Å². The fraction of sp³-hybridized carbons (Fsp3) is 0.444. The average Bonchev–Trinajstić information content (AvgIpc) is 3.10. The zero-order valence-electron chi connectivity index (χ0n) is 14.3. The number of benzene rings is 1. The van der Waals surface area contributed by atoms with Gasteiger partial charge in [-0.15, -0.1) is 0 Å². The molecule has 5 nitrogen and oxygen atoms in total. The quantitative estimate of drug-likeness (QED) is 0.834. The van der Waals surface area contributed by atoms with Gasteiger partial charge in [0.05, 0.1) is 17.1 Å². The molecule has 0 aliphatic carbocycles. The molecule has 3 rings (SSSR count). The van der Waals surface area contributed by atoms with E-state index >= 15 is 0 Å². The van der Waals surface area contributed by atoms with Crippen molar-refractivity contribution in [3.8, 4) is 5.69 Å². The van der Waals surface area contributed by atoms with Crippen molar-refractivity contribution in [3.05, 3.63) is 48.3 Å². The van der Waals surface area contributed by atoms with E-state index in [9.17, 15) is 4.79 Å². The van der Waals surface area contributed by atoms with Gasteiger partial charge < -0.3 is 4.90 Å². The number of carbonyl (C=O) groups is 1. The molecule has 0 unspecified atom stereocenters. The monoisotopic (exact) mass is 344 g/mol. The summed E-state index contributed by atoms with van der Waals surface area (Å²) < 4.78 is 1.91. The predicted molar refractivity (Wildman–Crippen MR) is 98.4 cm³/mol. The first-order valence-corrected chi connectivity index (χ1v) is 9.59. The molecule has 1 saturated heterocycles. The molecule has 1 aliphatic heterocycles. The molecule has 1 amide bonds. The first-order valence-electron chi connectivity index (χ1n) is 8.30. The molecule has 0 saturated carbocycles. The van der Waals surface area contributed by atoms with Gasteiger partial charge in [-0.3, -0.25) is 9.69 Å². The number of amides is 1. The maximum atomic E-state index is 12.2. The Hall–Kier alpha value is -1.79. The number of rotatable bonds is 5. The topological polar surface area (TPSA) is 41.4 Å². The Labute approximate surface area is 147 Å². The second kappa shape index (κ2) is 7.85. The fourth-order valence-electron chi connectivity index (χ4n) is 2.91. The number of aromatic nitrogens is 2. The number of thioether (sulfide) groups is 1. The highest BCUT2D eigenvalue weighted by Gasteiger charge is 2.24. The van der Waals surface area contributed by atoms with Crippen LogP contribution in [0.3, 0.4) is 0 Å². The van der Waals surface area contributed by atoms with E-state index in [2.05, 4.69) is 16.2 Å². The highest BCUT2D eigenvalue weighted by Crippen LogP contribution is 2.14. The Morgan fingerprint density at radius 2 is 1.92 bits per heavy atom. The van der Waals surface area contributed by atoms with Crippen LogP contribution in [0.5, 0.6) is 0 Å². The Morgan fingerprint density at radius 1 is 1.21 bits per heavy atom. The molecule has 1 aromatic heterocycles. The van der Waals surface area contributed by atoms with E-state index in [-0.39, 0.29) is 11.2 Å². The second-order valence-corrected chi connectivity index (χ2v) is 7.29. The molecular formula is C18H24N4OS. The van der Waals surface area contributed by atoms with Crippen molar-refractivity contribution in [2.24, 2.45) is 0 Å². The van der Waals surface area contributed by atoms with Crippen LogP contribution in [0.1, 0.15) is 12.5 Å². The first-order chi connectivity index (χ1) is 11.7. The van der Waals surface area contributed by atoms with Crippen LogP contribution < -0.4 is 0 Å². The van der Waals surface area contributed by atoms with Crippen LogP contribution in [0.25, 0.3) is 5.69 Å². The van der Waals surface area contributed by atoms with Crippen LogP contribution in [0, 0.1) is 0 Å². The van der Waals surface area contributed by atoms with Gasteiger partial charge in [0.25, 0.3) is 0 Å². The Morgan fingerprint density at radius 3 is 2.58 bits per heavy atom. The lowest BCUT2D eigenvalue weighted by Gasteiger charge is -2.35. The standard InChI is InChI=1S/C18H24N4OS/c1-15(24-2)18(23)21-10-8-20(9-11-21)13-16-12-19-22(14-16)17-6-4-3-5-7-17/h3-7,12,14-15H,8-11,13H2,1-2H3/t15-/m1/s1. The minimum absolute atomic E-state index is 0.0562. The minimum Gasteiger partial charge on any atom is -0.339 e. The summed E-state index contributed by atoms with van der Waals surface area (Å²) in [6, 6.07) is 10.1. The number of para-hydroxylation sites is 1. The van der Waals surface area contributed by atoms with E-state index in [1.807, 2.05) is 59.3 Å². The lowest BCUT2D eigenvalue weighted by atomic mass is 10.2. The molecule has 1 atom stereocenters. The van der Waals surface area contributed by atoms with Gasteiger partial charge >= 0.3 is 0 Å². The van der Waals surface area contributed by atoms with Crippen LogP contribution in [-0.2, 0) is 11.3 Å². The van der Waals surface area contributed by atoms with Crippen molar-refractivity contribution in [3.63, 3.8) is 0 Å². The molecule has 1 aliphatic rings. The van der Waals surface area contributed by atoms with Gasteiger partial charge in [0.15, 0.2) is 0 Å². The van der Waals surface area contributed by atoms with E-state index in [1.165, 1.54) is 5.56 Å². The summed E-state index contributed by atoms with van der Waals surface area (Å²) in [6.07, 6.45) is 6.01. The third kappa shape index (κ3) is 3.99. The minimum atomic E-state index is 0.0562. The number of nitrogens with zero attached hydrogens (tertiary/aromatic N) is 4. The zero-order chi connectivity index (χ0) is 16.9. The maximum Gasteiger partial charge on any atom is 0.235 e. The van der Waals surface area contributed by atoms with Crippen LogP contribution >= 0.6 is 11.8 Å². The lowest BCUT2D eigenvalue weighted by Crippen LogP contribution is -2.50. The summed E-state index contributed by atoms with van der Waals surface area (Å²) >= 11 is 1.61. The molecule has 0 spiro atoms. The summed E-state index contributed by atoms with van der Waals surface area (Å²) in [7, 11) is 0. The van der Waals surface area contributed by atoms with Crippen LogP contribution in [-0.4, -0.2) is 63.2 Å². The summed E-state index contributed by atoms with van der Waals surface area (Å²) in [5.74, 6) is 0.263. The van der Waals surface area contributed by atoms with Crippen molar-refractivity contribution >= 4 is 17.7 Å². The highest BCUT2D eigenvalue weighted by molar-refractivity contribution is 7.99. The molecular weight excluding hydrogens is 320 g/mol. The Balaban J connectivity index is 1.54. The molecule has 1 fully saturated rings. The molecule has 1 aromatic carbocycles. The molecule has 0 N–H and O–H groups in total. The largest absolute Gasteiger partial charge is 0.339 e. The number of carbonyl (C=O) groups excluding carboxylic acids is 1. The number of hydrogen-bond acceptors (Lipinski definition) is 4. The molecule has 2 aromatic rings. The van der Waals surface area contributed by atoms with Gasteiger partial charge in [-0.2, -0.15) is 16.9 Å². The third-order valence-electron chi connectivity index (χ3n) is 4.45. The van der Waals surface area contributed by atoms with Crippen molar-refractivity contribution in [2.75, 3.05) is 32.4 Å². The molecule has 0 bridgehead atoms. The lowest BCUT2D eigenvalue weighted by molar-refractivity contribution is -0.132. The van der Waals surface area contributed by atoms with Gasteiger partial charge in [0, 0.05) is 44.5 Å². The summed E-state index contributed by atoms with van der Waals surface area (Å²) in [4.78, 5) is 16.6. The normalized spacial score (nSPS) is 17.0. The van der Waals surface area contributed by atoms with E-state index in [1.54, 1.807) is 11.8 Å². The summed E-state index contributed by atoms with van der Waals surface area (Å²) in [6.45, 7) is 6.34. The van der Waals surface area contributed by atoms with Crippen LogP contribution in [0.2, 0.25) is 0 Å². The highest BCUT2D eigenvalue weighted by atomic mass is 32.2. The second-order valence-electron chi connectivity index (χ2n) is 6.11. The third-order valence-corrected chi connectivity index (χ3v) is 5.36. The zero-order valence-corrected chi connectivity index (χ0v) is 15.1. The van der Waals surface area contributed by atoms with Crippen molar-refractivity contribution in [2.45, 2.75) is 18.7 Å². The van der Waals surface area contributed by atoms with E-state index < -0.39 is 0 Å². The predicted octanol–water partition coefficient (Wildman–Crippen LogP) is 2.27. The number of piperazine rings is 1. The van der Waals surface area contributed by atoms with Crippen molar-refractivity contribution < 1.29 is 4.79 Å². The van der Waals surface area contributed by atoms with E-state index in [0.29, 0.717) is 0 Å². The fourth-order valence-corrected chi connectivity index (χ4v) is 3.26. The van der Waals surface area contributed by atoms with Gasteiger partial charge in [-0.05, 0) is 25.3 Å². The smallest absolute Gasteiger partial charge is 0.235 e. The SMILES string of the molecule is CS[C@H](C)C(=O)N1CCN(Cc2cnn(-c3ccccc3)c2)CC1. The summed E-state index contributed by atoms with van der Waals surface area (Å²) in [5.41, 5.74) is 2.28. The molecule has 24 heavy (non-hydrogen) atoms. The van der Waals surface area contributed by atoms with Gasteiger partial charge in [-0.25, -0.2) is 4.68 Å².